The minimum Gasteiger partial charge on any atom is -0.508 e. The van der Waals surface area contributed by atoms with Crippen LogP contribution >= 0.6 is 23.2 Å². The molecule has 0 heterocycles. The Kier molecular flexibility index (Phi) is 4.13. The van der Waals surface area contributed by atoms with Gasteiger partial charge in [-0.2, -0.15) is 0 Å². The van der Waals surface area contributed by atoms with Gasteiger partial charge in [0.25, 0.3) is 0 Å². The molecule has 0 aliphatic heterocycles. The molecular weight excluding hydrogens is 247 g/mol. The molecule has 15 heavy (non-hydrogen) atoms. The standard InChI is InChI=1S/C9H9Cl2F2NO/c10-4-1-5(11)9(7(15)2-4)6(14)3-8(12)13/h1-2,6,8,15H,3,14H2/t6-/m0/s1. The molecule has 0 unspecified atom stereocenters. The lowest BCUT2D eigenvalue weighted by molar-refractivity contribution is 0.128. The van der Waals surface area contributed by atoms with E-state index in [0.29, 0.717) is 0 Å². The number of rotatable bonds is 3. The highest BCUT2D eigenvalue weighted by Crippen LogP contribution is 2.35. The van der Waals surface area contributed by atoms with Gasteiger partial charge in [0.1, 0.15) is 5.75 Å². The Morgan fingerprint density at radius 3 is 2.40 bits per heavy atom. The van der Waals surface area contributed by atoms with Gasteiger partial charge in [0.2, 0.25) is 6.43 Å². The Labute approximate surface area is 95.6 Å². The van der Waals surface area contributed by atoms with E-state index < -0.39 is 18.9 Å². The number of hydrogen-bond donors (Lipinski definition) is 2. The van der Waals surface area contributed by atoms with Crippen molar-refractivity contribution in [1.82, 2.24) is 0 Å². The molecule has 0 amide bonds. The predicted octanol–water partition coefficient (Wildman–Crippen LogP) is 3.35. The first-order valence-electron chi connectivity index (χ1n) is 4.13. The first kappa shape index (κ1) is 12.5. The van der Waals surface area contributed by atoms with Gasteiger partial charge in [-0.05, 0) is 12.1 Å². The van der Waals surface area contributed by atoms with E-state index in [1.54, 1.807) is 0 Å². The number of hydrogen-bond acceptors (Lipinski definition) is 2. The van der Waals surface area contributed by atoms with E-state index >= 15 is 0 Å². The number of nitrogens with two attached hydrogens (primary N) is 1. The second-order valence-electron chi connectivity index (χ2n) is 3.05. The first-order valence-corrected chi connectivity index (χ1v) is 4.89. The highest BCUT2D eigenvalue weighted by Gasteiger charge is 2.19. The molecule has 0 aromatic heterocycles. The monoisotopic (exact) mass is 255 g/mol. The predicted molar refractivity (Wildman–Crippen MR) is 55.7 cm³/mol. The molecule has 0 radical (unpaired) electrons. The summed E-state index contributed by atoms with van der Waals surface area (Å²) in [5.41, 5.74) is 5.58. The molecule has 1 atom stereocenters. The van der Waals surface area contributed by atoms with Crippen LogP contribution in [0.4, 0.5) is 8.78 Å². The van der Waals surface area contributed by atoms with Crippen LogP contribution in [0.2, 0.25) is 10.0 Å². The van der Waals surface area contributed by atoms with E-state index in [1.165, 1.54) is 12.1 Å². The number of benzene rings is 1. The van der Waals surface area contributed by atoms with Crippen molar-refractivity contribution in [3.63, 3.8) is 0 Å². The van der Waals surface area contributed by atoms with Gasteiger partial charge < -0.3 is 10.8 Å². The topological polar surface area (TPSA) is 46.2 Å². The third-order valence-corrected chi connectivity index (χ3v) is 2.41. The lowest BCUT2D eigenvalue weighted by Crippen LogP contribution is -2.14. The summed E-state index contributed by atoms with van der Waals surface area (Å²) in [6.07, 6.45) is -3.11. The van der Waals surface area contributed by atoms with Gasteiger partial charge in [-0.25, -0.2) is 8.78 Å². The Morgan fingerprint density at radius 1 is 1.33 bits per heavy atom. The van der Waals surface area contributed by atoms with Gasteiger partial charge in [-0.3, -0.25) is 0 Å². The summed E-state index contributed by atoms with van der Waals surface area (Å²) in [5, 5.41) is 9.78. The largest absolute Gasteiger partial charge is 0.508 e. The van der Waals surface area contributed by atoms with Crippen molar-refractivity contribution < 1.29 is 13.9 Å². The summed E-state index contributed by atoms with van der Waals surface area (Å²) < 4.78 is 24.2. The molecule has 1 aromatic rings. The van der Waals surface area contributed by atoms with E-state index in [9.17, 15) is 13.9 Å². The number of halogens is 4. The lowest BCUT2D eigenvalue weighted by atomic mass is 10.0. The van der Waals surface area contributed by atoms with Gasteiger partial charge in [0, 0.05) is 23.0 Å². The van der Waals surface area contributed by atoms with Crippen LogP contribution < -0.4 is 5.73 Å². The van der Waals surface area contributed by atoms with Crippen molar-refractivity contribution in [2.24, 2.45) is 5.73 Å². The molecular formula is C9H9Cl2F2NO. The maximum atomic E-state index is 12.1. The van der Waals surface area contributed by atoms with Crippen LogP contribution in [0.5, 0.6) is 5.75 Å². The molecule has 0 spiro atoms. The fourth-order valence-corrected chi connectivity index (χ4v) is 1.87. The van der Waals surface area contributed by atoms with E-state index in [1.807, 2.05) is 0 Å². The third kappa shape index (κ3) is 3.19. The van der Waals surface area contributed by atoms with Crippen LogP contribution in [0.3, 0.4) is 0 Å². The fraction of sp³-hybridized carbons (Fsp3) is 0.333. The Hall–Kier alpha value is -0.580. The molecule has 0 fully saturated rings. The summed E-state index contributed by atoms with van der Waals surface area (Å²) in [7, 11) is 0. The quantitative estimate of drug-likeness (QED) is 0.870. The van der Waals surface area contributed by atoms with Gasteiger partial charge in [-0.1, -0.05) is 23.2 Å². The molecule has 1 aromatic carbocycles. The lowest BCUT2D eigenvalue weighted by Gasteiger charge is -2.15. The number of phenolic OH excluding ortho intramolecular Hbond substituents is 1. The summed E-state index contributed by atoms with van der Waals surface area (Å²) >= 11 is 11.3. The maximum absolute atomic E-state index is 12.1. The van der Waals surface area contributed by atoms with Crippen LogP contribution in [0.25, 0.3) is 0 Å². The minimum atomic E-state index is -2.55. The molecule has 0 saturated carbocycles. The first-order chi connectivity index (χ1) is 6.91. The zero-order chi connectivity index (χ0) is 11.6. The van der Waals surface area contributed by atoms with Crippen molar-refractivity contribution in [2.45, 2.75) is 18.9 Å². The van der Waals surface area contributed by atoms with Crippen LogP contribution in [0, 0.1) is 0 Å². The Balaban J connectivity index is 3.03. The van der Waals surface area contributed by atoms with Gasteiger partial charge in [-0.15, -0.1) is 0 Å². The zero-order valence-corrected chi connectivity index (χ0v) is 9.06. The summed E-state index contributed by atoms with van der Waals surface area (Å²) in [5.74, 6) is -0.263. The van der Waals surface area contributed by atoms with Crippen LogP contribution in [0.1, 0.15) is 18.0 Å². The summed E-state index contributed by atoms with van der Waals surface area (Å²) in [4.78, 5) is 0. The van der Waals surface area contributed by atoms with Crippen LogP contribution in [0.15, 0.2) is 12.1 Å². The van der Waals surface area contributed by atoms with Crippen molar-refractivity contribution in [3.05, 3.63) is 27.7 Å². The molecule has 0 aliphatic carbocycles. The van der Waals surface area contributed by atoms with Gasteiger partial charge in [0.15, 0.2) is 0 Å². The molecule has 6 heteroatoms. The minimum absolute atomic E-state index is 0.0909. The average molecular weight is 256 g/mol. The third-order valence-electron chi connectivity index (χ3n) is 1.88. The van der Waals surface area contributed by atoms with E-state index in [-0.39, 0.29) is 21.4 Å². The van der Waals surface area contributed by atoms with E-state index in [4.69, 9.17) is 28.9 Å². The molecule has 2 nitrogen and oxygen atoms in total. The molecule has 0 aliphatic rings. The van der Waals surface area contributed by atoms with Gasteiger partial charge >= 0.3 is 0 Å². The van der Waals surface area contributed by atoms with Crippen molar-refractivity contribution >= 4 is 23.2 Å². The molecule has 0 bridgehead atoms. The second-order valence-corrected chi connectivity index (χ2v) is 3.90. The normalized spacial score (nSPS) is 13.2. The van der Waals surface area contributed by atoms with Crippen LogP contribution in [-0.4, -0.2) is 11.5 Å². The van der Waals surface area contributed by atoms with E-state index in [2.05, 4.69) is 0 Å². The Bertz CT molecular complexity index is 337. The number of alkyl halides is 2. The number of aromatic hydroxyl groups is 1. The van der Waals surface area contributed by atoms with Crippen molar-refractivity contribution in [2.75, 3.05) is 0 Å². The van der Waals surface area contributed by atoms with Crippen LogP contribution in [-0.2, 0) is 0 Å². The molecule has 3 N–H and O–H groups in total. The van der Waals surface area contributed by atoms with Crippen molar-refractivity contribution in [1.29, 1.82) is 0 Å². The molecule has 84 valence electrons. The summed E-state index contributed by atoms with van der Waals surface area (Å²) in [6.45, 7) is 0. The maximum Gasteiger partial charge on any atom is 0.240 e. The van der Waals surface area contributed by atoms with Crippen molar-refractivity contribution in [3.8, 4) is 5.75 Å². The van der Waals surface area contributed by atoms with Gasteiger partial charge in [0.05, 0.1) is 5.02 Å². The molecule has 0 saturated heterocycles. The highest BCUT2D eigenvalue weighted by molar-refractivity contribution is 6.35. The summed E-state index contributed by atoms with van der Waals surface area (Å²) in [6, 6.07) is 1.56. The average Bonchev–Trinajstić information content (AvgIpc) is 1.99. The highest BCUT2D eigenvalue weighted by atomic mass is 35.5. The van der Waals surface area contributed by atoms with E-state index in [0.717, 1.165) is 0 Å². The second kappa shape index (κ2) is 4.96. The SMILES string of the molecule is N[C@@H](CC(F)F)c1c(O)cc(Cl)cc1Cl. The number of phenols is 1. The smallest absolute Gasteiger partial charge is 0.240 e. The fourth-order valence-electron chi connectivity index (χ4n) is 1.25. The Morgan fingerprint density at radius 2 is 1.93 bits per heavy atom. The molecule has 1 rings (SSSR count). The zero-order valence-electron chi connectivity index (χ0n) is 7.55.